The Labute approximate surface area is 147 Å². The first-order valence-corrected chi connectivity index (χ1v) is 8.88. The quantitative estimate of drug-likeness (QED) is 0.780. The second-order valence-electron chi connectivity index (χ2n) is 6.78. The number of aromatic nitrogens is 1. The molecule has 0 radical (unpaired) electrons. The van der Waals surface area contributed by atoms with E-state index in [9.17, 15) is 0 Å². The summed E-state index contributed by atoms with van der Waals surface area (Å²) in [5.41, 5.74) is 4.48. The minimum absolute atomic E-state index is 0.415. The van der Waals surface area contributed by atoms with Crippen molar-refractivity contribution in [1.29, 1.82) is 0 Å². The maximum atomic E-state index is 6.26. The molecule has 1 aliphatic heterocycles. The van der Waals surface area contributed by atoms with Crippen LogP contribution in [0.5, 0.6) is 0 Å². The summed E-state index contributed by atoms with van der Waals surface area (Å²) in [6, 6.07) is 6.08. The predicted octanol–water partition coefficient (Wildman–Crippen LogP) is 4.09. The van der Waals surface area contributed by atoms with Gasteiger partial charge in [0, 0.05) is 36.8 Å². The van der Waals surface area contributed by atoms with Crippen molar-refractivity contribution in [2.45, 2.75) is 19.3 Å². The van der Waals surface area contributed by atoms with E-state index in [1.807, 2.05) is 12.1 Å². The van der Waals surface area contributed by atoms with Crippen LogP contribution in [-0.2, 0) is 0 Å². The van der Waals surface area contributed by atoms with E-state index in [1.54, 1.807) is 6.39 Å². The Morgan fingerprint density at radius 1 is 1.21 bits per heavy atom. The van der Waals surface area contributed by atoms with Gasteiger partial charge in [-0.15, -0.1) is 0 Å². The zero-order chi connectivity index (χ0) is 16.7. The van der Waals surface area contributed by atoms with Gasteiger partial charge in [0.15, 0.2) is 12.2 Å². The minimum atomic E-state index is 0.415. The number of piperazine rings is 1. The molecule has 0 N–H and O–H groups in total. The molecular formula is C19H22ClN3O. The molecule has 0 amide bonds. The summed E-state index contributed by atoms with van der Waals surface area (Å²) in [5, 5.41) is 0.731. The SMILES string of the molecule is CC1C/C=C(\N2CCN(C)CC2)c2ncoc2-c2cc(Cl)ccc21. The molecule has 126 valence electrons. The lowest BCUT2D eigenvalue weighted by Gasteiger charge is -2.36. The Bertz CT molecular complexity index is 775. The molecular weight excluding hydrogens is 322 g/mol. The fraction of sp³-hybridized carbons (Fsp3) is 0.421. The summed E-state index contributed by atoms with van der Waals surface area (Å²) in [6.45, 7) is 6.44. The number of benzene rings is 1. The van der Waals surface area contributed by atoms with Crippen molar-refractivity contribution < 1.29 is 4.42 Å². The summed E-state index contributed by atoms with van der Waals surface area (Å²) < 4.78 is 5.82. The van der Waals surface area contributed by atoms with Crippen LogP contribution in [0.25, 0.3) is 17.0 Å². The van der Waals surface area contributed by atoms with E-state index >= 15 is 0 Å². The first-order valence-electron chi connectivity index (χ1n) is 8.51. The molecule has 1 fully saturated rings. The smallest absolute Gasteiger partial charge is 0.182 e. The molecule has 1 aromatic heterocycles. The summed E-state index contributed by atoms with van der Waals surface area (Å²) in [6.07, 6.45) is 4.87. The third-order valence-electron chi connectivity index (χ3n) is 5.11. The first-order chi connectivity index (χ1) is 11.6. The molecule has 4 nitrogen and oxygen atoms in total. The highest BCUT2D eigenvalue weighted by Gasteiger charge is 2.27. The molecule has 2 aliphatic rings. The second-order valence-corrected chi connectivity index (χ2v) is 7.21. The molecule has 1 atom stereocenters. The van der Waals surface area contributed by atoms with Crippen molar-refractivity contribution in [3.05, 3.63) is 46.9 Å². The van der Waals surface area contributed by atoms with Crippen molar-refractivity contribution >= 4 is 17.3 Å². The number of oxazole rings is 1. The molecule has 5 heteroatoms. The number of hydrogen-bond acceptors (Lipinski definition) is 4. The van der Waals surface area contributed by atoms with Gasteiger partial charge in [0.25, 0.3) is 0 Å². The molecule has 0 spiro atoms. The van der Waals surface area contributed by atoms with Crippen molar-refractivity contribution in [2.75, 3.05) is 33.2 Å². The third kappa shape index (κ3) is 2.74. The number of halogens is 1. The van der Waals surface area contributed by atoms with E-state index in [2.05, 4.69) is 40.9 Å². The summed E-state index contributed by atoms with van der Waals surface area (Å²) in [4.78, 5) is 9.35. The monoisotopic (exact) mass is 343 g/mol. The van der Waals surface area contributed by atoms with Gasteiger partial charge < -0.3 is 14.2 Å². The van der Waals surface area contributed by atoms with Crippen LogP contribution in [0.2, 0.25) is 5.02 Å². The van der Waals surface area contributed by atoms with Crippen LogP contribution >= 0.6 is 11.6 Å². The van der Waals surface area contributed by atoms with Gasteiger partial charge in [-0.2, -0.15) is 0 Å². The van der Waals surface area contributed by atoms with E-state index in [-0.39, 0.29) is 0 Å². The number of nitrogens with zero attached hydrogens (tertiary/aromatic N) is 3. The molecule has 0 saturated carbocycles. The van der Waals surface area contributed by atoms with Crippen molar-refractivity contribution in [1.82, 2.24) is 14.8 Å². The van der Waals surface area contributed by atoms with Crippen molar-refractivity contribution in [3.8, 4) is 11.3 Å². The Kier molecular flexibility index (Phi) is 4.10. The largest absolute Gasteiger partial charge is 0.443 e. The lowest BCUT2D eigenvalue weighted by molar-refractivity contribution is 0.206. The number of likely N-dealkylation sites (N-methyl/N-ethyl adjacent to an activating group) is 1. The zero-order valence-corrected chi connectivity index (χ0v) is 14.9. The summed E-state index contributed by atoms with van der Waals surface area (Å²) >= 11 is 6.26. The van der Waals surface area contributed by atoms with E-state index in [4.69, 9.17) is 16.0 Å². The molecule has 0 bridgehead atoms. The lowest BCUT2D eigenvalue weighted by Crippen LogP contribution is -2.43. The van der Waals surface area contributed by atoms with Crippen LogP contribution in [0.15, 0.2) is 35.1 Å². The summed E-state index contributed by atoms with van der Waals surface area (Å²) in [5.74, 6) is 1.25. The highest BCUT2D eigenvalue weighted by Crippen LogP contribution is 2.40. The summed E-state index contributed by atoms with van der Waals surface area (Å²) in [7, 11) is 2.17. The second kappa shape index (κ2) is 6.26. The number of rotatable bonds is 1. The maximum Gasteiger partial charge on any atom is 0.182 e. The van der Waals surface area contributed by atoms with Crippen LogP contribution < -0.4 is 0 Å². The van der Waals surface area contributed by atoms with Crippen LogP contribution in [-0.4, -0.2) is 48.0 Å². The van der Waals surface area contributed by atoms with Gasteiger partial charge in [-0.3, -0.25) is 0 Å². The normalized spacial score (nSPS) is 23.7. The molecule has 2 aromatic rings. The van der Waals surface area contributed by atoms with Gasteiger partial charge >= 0.3 is 0 Å². The van der Waals surface area contributed by atoms with Crippen LogP contribution in [0, 0.1) is 0 Å². The fourth-order valence-electron chi connectivity index (χ4n) is 3.61. The standard InChI is InChI=1S/C19H22ClN3O/c1-13-3-6-17(23-9-7-22(2)8-10-23)18-19(24-12-21-18)16-11-14(20)4-5-15(13)16/h4-6,11-13H,3,7-10H2,1-2H3/b17-6-. The Morgan fingerprint density at radius 2 is 2.00 bits per heavy atom. The maximum absolute atomic E-state index is 6.26. The average Bonchev–Trinajstić information content (AvgIpc) is 3.04. The van der Waals surface area contributed by atoms with Gasteiger partial charge in [-0.1, -0.05) is 30.7 Å². The topological polar surface area (TPSA) is 32.5 Å². The molecule has 1 unspecified atom stereocenters. The molecule has 4 rings (SSSR count). The van der Waals surface area contributed by atoms with E-state index in [0.717, 1.165) is 54.6 Å². The minimum Gasteiger partial charge on any atom is -0.443 e. The van der Waals surface area contributed by atoms with Crippen molar-refractivity contribution in [3.63, 3.8) is 0 Å². The Balaban J connectivity index is 1.80. The molecule has 1 saturated heterocycles. The highest BCUT2D eigenvalue weighted by molar-refractivity contribution is 6.30. The fourth-order valence-corrected chi connectivity index (χ4v) is 3.78. The van der Waals surface area contributed by atoms with Crippen molar-refractivity contribution in [2.24, 2.45) is 0 Å². The average molecular weight is 344 g/mol. The molecule has 1 aromatic carbocycles. The van der Waals surface area contributed by atoms with Gasteiger partial charge in [-0.25, -0.2) is 4.98 Å². The molecule has 24 heavy (non-hydrogen) atoms. The van der Waals surface area contributed by atoms with Gasteiger partial charge in [0.2, 0.25) is 0 Å². The van der Waals surface area contributed by atoms with Crippen LogP contribution in [0.4, 0.5) is 0 Å². The van der Waals surface area contributed by atoms with Crippen LogP contribution in [0.1, 0.15) is 30.5 Å². The Hall–Kier alpha value is -1.78. The van der Waals surface area contributed by atoms with Gasteiger partial charge in [-0.05, 0) is 37.1 Å². The predicted molar refractivity (Wildman–Crippen MR) is 97.0 cm³/mol. The molecule has 2 heterocycles. The van der Waals surface area contributed by atoms with Crippen LogP contribution in [0.3, 0.4) is 0 Å². The Morgan fingerprint density at radius 3 is 2.79 bits per heavy atom. The van der Waals surface area contributed by atoms with Gasteiger partial charge in [0.05, 0.1) is 5.70 Å². The van der Waals surface area contributed by atoms with Gasteiger partial charge in [0.1, 0.15) is 5.69 Å². The third-order valence-corrected chi connectivity index (χ3v) is 5.34. The van der Waals surface area contributed by atoms with E-state index < -0.39 is 0 Å². The number of hydrogen-bond donors (Lipinski definition) is 0. The highest BCUT2D eigenvalue weighted by atomic mass is 35.5. The zero-order valence-electron chi connectivity index (χ0n) is 14.1. The molecule has 1 aliphatic carbocycles. The number of fused-ring (bicyclic) bond motifs is 3. The van der Waals surface area contributed by atoms with E-state index in [1.165, 1.54) is 11.3 Å². The first kappa shape index (κ1) is 15.7. The van der Waals surface area contributed by atoms with E-state index in [0.29, 0.717) is 5.92 Å². The lowest BCUT2D eigenvalue weighted by atomic mass is 9.88. The number of allylic oxidation sites excluding steroid dienone is 1.